The third-order valence-corrected chi connectivity index (χ3v) is 3.15. The molecule has 4 heteroatoms. The van der Waals surface area contributed by atoms with E-state index in [9.17, 15) is 0 Å². The number of nitrogen functional groups attached to an aromatic ring is 1. The Labute approximate surface area is 89.0 Å². The van der Waals surface area contributed by atoms with Crippen LogP contribution in [-0.4, -0.2) is 30.3 Å². The minimum atomic E-state index is 0.408. The van der Waals surface area contributed by atoms with Gasteiger partial charge in [0.25, 0.3) is 0 Å². The zero-order chi connectivity index (χ0) is 10.3. The van der Waals surface area contributed by atoms with Gasteiger partial charge in [-0.3, -0.25) is 4.98 Å². The number of hydrogen-bond acceptors (Lipinski definition) is 4. The van der Waals surface area contributed by atoms with Crippen LogP contribution in [0, 0.1) is 0 Å². The molecule has 2 aliphatic heterocycles. The smallest absolute Gasteiger partial charge is 0.0755 e. The Hall–Kier alpha value is -1.29. The molecule has 0 amide bonds. The quantitative estimate of drug-likeness (QED) is 0.744. The van der Waals surface area contributed by atoms with Gasteiger partial charge in [0.2, 0.25) is 0 Å². The molecule has 1 aromatic rings. The summed E-state index contributed by atoms with van der Waals surface area (Å²) in [6, 6.07) is 1.98. The summed E-state index contributed by atoms with van der Waals surface area (Å²) >= 11 is 0. The average Bonchev–Trinajstić information content (AvgIpc) is 2.58. The molecule has 0 radical (unpaired) electrons. The number of fused-ring (bicyclic) bond motifs is 2. The third-order valence-electron chi connectivity index (χ3n) is 3.15. The van der Waals surface area contributed by atoms with Crippen molar-refractivity contribution in [3.63, 3.8) is 0 Å². The number of anilines is 2. The van der Waals surface area contributed by atoms with Crippen LogP contribution in [0.15, 0.2) is 18.5 Å². The van der Waals surface area contributed by atoms with Crippen LogP contribution < -0.4 is 10.6 Å². The Morgan fingerprint density at radius 2 is 2.00 bits per heavy atom. The van der Waals surface area contributed by atoms with Crippen molar-refractivity contribution in [2.24, 2.45) is 0 Å². The Morgan fingerprint density at radius 1 is 1.27 bits per heavy atom. The highest BCUT2D eigenvalue weighted by Gasteiger charge is 2.33. The lowest BCUT2D eigenvalue weighted by Crippen LogP contribution is -2.42. The number of rotatable bonds is 1. The number of ether oxygens (including phenoxy) is 1. The molecular formula is C11H15N3O. The van der Waals surface area contributed by atoms with Crippen molar-refractivity contribution in [1.29, 1.82) is 0 Å². The summed E-state index contributed by atoms with van der Waals surface area (Å²) in [5, 5.41) is 0. The van der Waals surface area contributed by atoms with E-state index in [1.807, 2.05) is 12.3 Å². The maximum absolute atomic E-state index is 5.79. The van der Waals surface area contributed by atoms with Crippen LogP contribution in [0.1, 0.15) is 12.8 Å². The lowest BCUT2D eigenvalue weighted by Gasteiger charge is -2.33. The van der Waals surface area contributed by atoms with Gasteiger partial charge in [-0.05, 0) is 18.9 Å². The van der Waals surface area contributed by atoms with Crippen LogP contribution in [0.25, 0.3) is 0 Å². The molecule has 4 nitrogen and oxygen atoms in total. The van der Waals surface area contributed by atoms with Crippen molar-refractivity contribution < 1.29 is 4.74 Å². The fraction of sp³-hybridized carbons (Fsp3) is 0.545. The largest absolute Gasteiger partial charge is 0.397 e. The van der Waals surface area contributed by atoms with Gasteiger partial charge in [-0.1, -0.05) is 0 Å². The van der Waals surface area contributed by atoms with Crippen molar-refractivity contribution in [3.05, 3.63) is 18.5 Å². The molecule has 2 unspecified atom stereocenters. The summed E-state index contributed by atoms with van der Waals surface area (Å²) < 4.78 is 5.79. The van der Waals surface area contributed by atoms with Crippen LogP contribution in [0.4, 0.5) is 11.4 Å². The molecule has 80 valence electrons. The Kier molecular flexibility index (Phi) is 2.02. The van der Waals surface area contributed by atoms with E-state index in [0.717, 1.165) is 24.5 Å². The lowest BCUT2D eigenvalue weighted by molar-refractivity contribution is 0.0305. The van der Waals surface area contributed by atoms with Gasteiger partial charge in [-0.25, -0.2) is 0 Å². The second-order valence-corrected chi connectivity index (χ2v) is 4.34. The minimum Gasteiger partial charge on any atom is -0.397 e. The van der Waals surface area contributed by atoms with Crippen LogP contribution in [0.5, 0.6) is 0 Å². The topological polar surface area (TPSA) is 51.4 Å². The SMILES string of the molecule is Nc1cncc(N2CC3CCC(C2)O3)c1. The summed E-state index contributed by atoms with van der Waals surface area (Å²) in [7, 11) is 0. The Morgan fingerprint density at radius 3 is 2.67 bits per heavy atom. The zero-order valence-corrected chi connectivity index (χ0v) is 8.60. The summed E-state index contributed by atoms with van der Waals surface area (Å²) in [5.74, 6) is 0. The van der Waals surface area contributed by atoms with Gasteiger partial charge in [-0.2, -0.15) is 0 Å². The van der Waals surface area contributed by atoms with Gasteiger partial charge in [-0.15, -0.1) is 0 Å². The fourth-order valence-corrected chi connectivity index (χ4v) is 2.44. The lowest BCUT2D eigenvalue weighted by atomic mass is 10.2. The van der Waals surface area contributed by atoms with E-state index in [0.29, 0.717) is 12.2 Å². The predicted octanol–water partition coefficient (Wildman–Crippen LogP) is 1.03. The number of nitrogens with two attached hydrogens (primary N) is 1. The molecule has 0 aliphatic carbocycles. The predicted molar refractivity (Wildman–Crippen MR) is 58.8 cm³/mol. The molecule has 15 heavy (non-hydrogen) atoms. The standard InChI is InChI=1S/C11H15N3O/c12-8-3-9(5-13-4-8)14-6-10-1-2-11(7-14)15-10/h3-5,10-11H,1-2,6-7,12H2. The monoisotopic (exact) mass is 205 g/mol. The molecule has 2 N–H and O–H groups in total. The number of nitrogens with zero attached hydrogens (tertiary/aromatic N) is 2. The normalized spacial score (nSPS) is 29.5. The van der Waals surface area contributed by atoms with Gasteiger partial charge in [0.15, 0.2) is 0 Å². The molecule has 2 fully saturated rings. The van der Waals surface area contributed by atoms with Crippen molar-refractivity contribution in [1.82, 2.24) is 4.98 Å². The van der Waals surface area contributed by atoms with Crippen LogP contribution >= 0.6 is 0 Å². The van der Waals surface area contributed by atoms with Crippen LogP contribution in [-0.2, 0) is 4.74 Å². The van der Waals surface area contributed by atoms with E-state index >= 15 is 0 Å². The first kappa shape index (κ1) is 8.97. The van der Waals surface area contributed by atoms with Gasteiger partial charge < -0.3 is 15.4 Å². The molecule has 3 rings (SSSR count). The third kappa shape index (κ3) is 1.65. The van der Waals surface area contributed by atoms with E-state index in [1.165, 1.54) is 12.8 Å². The first-order valence-electron chi connectivity index (χ1n) is 5.42. The summed E-state index contributed by atoms with van der Waals surface area (Å²) in [5.41, 5.74) is 7.58. The second kappa shape index (κ2) is 3.38. The first-order valence-corrected chi connectivity index (χ1v) is 5.42. The molecule has 2 bridgehead atoms. The van der Waals surface area contributed by atoms with E-state index < -0.39 is 0 Å². The van der Waals surface area contributed by atoms with Crippen LogP contribution in [0.3, 0.4) is 0 Å². The van der Waals surface area contributed by atoms with Gasteiger partial charge >= 0.3 is 0 Å². The molecular weight excluding hydrogens is 190 g/mol. The molecule has 0 spiro atoms. The number of pyridine rings is 1. The summed E-state index contributed by atoms with van der Waals surface area (Å²) in [6.07, 6.45) is 6.75. The van der Waals surface area contributed by atoms with Gasteiger partial charge in [0.05, 0.1) is 29.8 Å². The number of morpholine rings is 1. The molecule has 2 saturated heterocycles. The molecule has 0 aromatic carbocycles. The minimum absolute atomic E-state index is 0.408. The van der Waals surface area contributed by atoms with Crippen molar-refractivity contribution in [2.75, 3.05) is 23.7 Å². The number of hydrogen-bond donors (Lipinski definition) is 1. The van der Waals surface area contributed by atoms with Crippen LogP contribution in [0.2, 0.25) is 0 Å². The van der Waals surface area contributed by atoms with Gasteiger partial charge in [0, 0.05) is 19.3 Å². The molecule has 2 aliphatic rings. The van der Waals surface area contributed by atoms with E-state index in [1.54, 1.807) is 6.20 Å². The average molecular weight is 205 g/mol. The van der Waals surface area contributed by atoms with Crippen molar-refractivity contribution >= 4 is 11.4 Å². The van der Waals surface area contributed by atoms with Crippen molar-refractivity contribution in [2.45, 2.75) is 25.0 Å². The van der Waals surface area contributed by atoms with E-state index in [-0.39, 0.29) is 0 Å². The second-order valence-electron chi connectivity index (χ2n) is 4.34. The van der Waals surface area contributed by atoms with E-state index in [4.69, 9.17) is 10.5 Å². The molecule has 2 atom stereocenters. The maximum atomic E-state index is 5.79. The fourth-order valence-electron chi connectivity index (χ4n) is 2.44. The maximum Gasteiger partial charge on any atom is 0.0755 e. The Balaban J connectivity index is 1.83. The zero-order valence-electron chi connectivity index (χ0n) is 8.60. The van der Waals surface area contributed by atoms with Crippen molar-refractivity contribution in [3.8, 4) is 0 Å². The number of aromatic nitrogens is 1. The molecule has 0 saturated carbocycles. The highest BCUT2D eigenvalue weighted by atomic mass is 16.5. The Bertz CT molecular complexity index is 357. The van der Waals surface area contributed by atoms with E-state index in [2.05, 4.69) is 9.88 Å². The molecule has 3 heterocycles. The summed E-state index contributed by atoms with van der Waals surface area (Å²) in [6.45, 7) is 1.95. The van der Waals surface area contributed by atoms with Gasteiger partial charge in [0.1, 0.15) is 0 Å². The molecule has 1 aromatic heterocycles. The first-order chi connectivity index (χ1) is 7.31. The highest BCUT2D eigenvalue weighted by Crippen LogP contribution is 2.29. The highest BCUT2D eigenvalue weighted by molar-refractivity contribution is 5.53. The summed E-state index contributed by atoms with van der Waals surface area (Å²) in [4.78, 5) is 6.45.